The lowest BCUT2D eigenvalue weighted by molar-refractivity contribution is 0.415. The summed E-state index contributed by atoms with van der Waals surface area (Å²) in [5.74, 6) is 0.847. The van der Waals surface area contributed by atoms with Crippen molar-refractivity contribution in [2.75, 3.05) is 7.11 Å². The fourth-order valence-electron chi connectivity index (χ4n) is 2.14. The Bertz CT molecular complexity index is 686. The second-order valence-electron chi connectivity index (χ2n) is 4.22. The number of hydrogen-bond donors (Lipinski definition) is 0. The molecule has 0 fully saturated rings. The molecule has 2 aromatic carbocycles. The quantitative estimate of drug-likeness (QED) is 0.684. The maximum absolute atomic E-state index is 5.28. The molecule has 90 valence electrons. The molecular formula is C15H14N2O. The summed E-state index contributed by atoms with van der Waals surface area (Å²) in [5.41, 5.74) is 3.15. The molecule has 0 saturated heterocycles. The van der Waals surface area contributed by atoms with Crippen LogP contribution in [-0.4, -0.2) is 16.9 Å². The summed E-state index contributed by atoms with van der Waals surface area (Å²) in [5, 5.41) is 5.75. The van der Waals surface area contributed by atoms with Crippen molar-refractivity contribution in [2.45, 2.75) is 6.92 Å². The average molecular weight is 238 g/mol. The summed E-state index contributed by atoms with van der Waals surface area (Å²) < 4.78 is 7.23. The monoisotopic (exact) mass is 238 g/mol. The number of aryl methyl sites for hydroxylation is 1. The Hall–Kier alpha value is -2.29. The number of nitrogens with zero attached hydrogens (tertiary/aromatic N) is 2. The Labute approximate surface area is 106 Å². The van der Waals surface area contributed by atoms with E-state index in [1.54, 1.807) is 7.11 Å². The van der Waals surface area contributed by atoms with Crippen molar-refractivity contribution >= 4 is 10.9 Å². The van der Waals surface area contributed by atoms with Gasteiger partial charge in [-0.05, 0) is 31.2 Å². The van der Waals surface area contributed by atoms with Crippen molar-refractivity contribution in [3.63, 3.8) is 0 Å². The fraction of sp³-hybridized carbons (Fsp3) is 0.133. The van der Waals surface area contributed by atoms with E-state index in [-0.39, 0.29) is 0 Å². The van der Waals surface area contributed by atoms with Crippen LogP contribution in [0.3, 0.4) is 0 Å². The van der Waals surface area contributed by atoms with E-state index in [4.69, 9.17) is 4.74 Å². The molecule has 3 aromatic rings. The third-order valence-electron chi connectivity index (χ3n) is 3.07. The van der Waals surface area contributed by atoms with Gasteiger partial charge in [-0.2, -0.15) is 5.10 Å². The van der Waals surface area contributed by atoms with Crippen LogP contribution in [0, 0.1) is 6.92 Å². The normalized spacial score (nSPS) is 10.8. The van der Waals surface area contributed by atoms with Gasteiger partial charge >= 0.3 is 0 Å². The highest BCUT2D eigenvalue weighted by molar-refractivity contribution is 5.84. The molecule has 3 heteroatoms. The topological polar surface area (TPSA) is 27.1 Å². The van der Waals surface area contributed by atoms with Gasteiger partial charge in [-0.1, -0.05) is 18.2 Å². The molecule has 0 aliphatic heterocycles. The van der Waals surface area contributed by atoms with E-state index in [0.717, 1.165) is 28.0 Å². The van der Waals surface area contributed by atoms with Gasteiger partial charge in [-0.3, -0.25) is 0 Å². The van der Waals surface area contributed by atoms with Crippen LogP contribution in [0.15, 0.2) is 48.5 Å². The predicted molar refractivity (Wildman–Crippen MR) is 72.4 cm³/mol. The highest BCUT2D eigenvalue weighted by Crippen LogP contribution is 2.25. The summed E-state index contributed by atoms with van der Waals surface area (Å²) in [6.07, 6.45) is 0. The van der Waals surface area contributed by atoms with Gasteiger partial charge in [0.25, 0.3) is 0 Å². The van der Waals surface area contributed by atoms with E-state index in [1.165, 1.54) is 0 Å². The van der Waals surface area contributed by atoms with Gasteiger partial charge in [0, 0.05) is 11.5 Å². The SMILES string of the molecule is COc1ccc2c(C)nn(-c3ccccc3)c2c1. The van der Waals surface area contributed by atoms with Crippen LogP contribution in [0.4, 0.5) is 0 Å². The molecule has 1 aromatic heterocycles. The first-order valence-electron chi connectivity index (χ1n) is 5.88. The van der Waals surface area contributed by atoms with E-state index in [0.29, 0.717) is 0 Å². The number of fused-ring (bicyclic) bond motifs is 1. The number of ether oxygens (including phenoxy) is 1. The number of para-hydroxylation sites is 1. The third-order valence-corrected chi connectivity index (χ3v) is 3.07. The third kappa shape index (κ3) is 1.64. The summed E-state index contributed by atoms with van der Waals surface area (Å²) in [7, 11) is 1.68. The molecule has 0 saturated carbocycles. The minimum atomic E-state index is 0.847. The Kier molecular flexibility index (Phi) is 2.52. The lowest BCUT2D eigenvalue weighted by Gasteiger charge is -2.04. The fourth-order valence-corrected chi connectivity index (χ4v) is 2.14. The Balaban J connectivity index is 2.29. The Morgan fingerprint density at radius 2 is 1.83 bits per heavy atom. The molecule has 0 bridgehead atoms. The van der Waals surface area contributed by atoms with Crippen molar-refractivity contribution in [2.24, 2.45) is 0 Å². The molecular weight excluding hydrogens is 224 g/mol. The molecule has 0 N–H and O–H groups in total. The zero-order chi connectivity index (χ0) is 12.5. The summed E-state index contributed by atoms with van der Waals surface area (Å²) in [6, 6.07) is 16.2. The van der Waals surface area contributed by atoms with Gasteiger partial charge in [0.1, 0.15) is 5.75 Å². The first-order valence-corrected chi connectivity index (χ1v) is 5.88. The van der Waals surface area contributed by atoms with Crippen LogP contribution < -0.4 is 4.74 Å². The lowest BCUT2D eigenvalue weighted by Crippen LogP contribution is -1.96. The summed E-state index contributed by atoms with van der Waals surface area (Å²) >= 11 is 0. The van der Waals surface area contributed by atoms with Gasteiger partial charge in [-0.25, -0.2) is 4.68 Å². The molecule has 3 nitrogen and oxygen atoms in total. The van der Waals surface area contributed by atoms with Crippen LogP contribution in [0.25, 0.3) is 16.6 Å². The maximum atomic E-state index is 5.28. The van der Waals surface area contributed by atoms with Crippen LogP contribution >= 0.6 is 0 Å². The number of hydrogen-bond acceptors (Lipinski definition) is 2. The molecule has 0 spiro atoms. The molecule has 0 unspecified atom stereocenters. The molecule has 0 aliphatic carbocycles. The van der Waals surface area contributed by atoms with Crippen LogP contribution in [-0.2, 0) is 0 Å². The van der Waals surface area contributed by atoms with Crippen molar-refractivity contribution < 1.29 is 4.74 Å². The zero-order valence-corrected chi connectivity index (χ0v) is 10.4. The first-order chi connectivity index (χ1) is 8.79. The van der Waals surface area contributed by atoms with Gasteiger partial charge in [0.15, 0.2) is 0 Å². The van der Waals surface area contributed by atoms with Gasteiger partial charge in [-0.15, -0.1) is 0 Å². The van der Waals surface area contributed by atoms with E-state index in [2.05, 4.69) is 11.2 Å². The highest BCUT2D eigenvalue weighted by Gasteiger charge is 2.09. The Morgan fingerprint density at radius 3 is 2.56 bits per heavy atom. The van der Waals surface area contributed by atoms with Gasteiger partial charge < -0.3 is 4.74 Å². The minimum absolute atomic E-state index is 0.847. The smallest absolute Gasteiger partial charge is 0.121 e. The molecule has 0 radical (unpaired) electrons. The number of rotatable bonds is 2. The van der Waals surface area contributed by atoms with Crippen LogP contribution in [0.1, 0.15) is 5.69 Å². The van der Waals surface area contributed by atoms with E-state index >= 15 is 0 Å². The molecule has 0 amide bonds. The number of aromatic nitrogens is 2. The van der Waals surface area contributed by atoms with Crippen LogP contribution in [0.2, 0.25) is 0 Å². The number of benzene rings is 2. The molecule has 0 atom stereocenters. The van der Waals surface area contributed by atoms with Crippen LogP contribution in [0.5, 0.6) is 5.75 Å². The maximum Gasteiger partial charge on any atom is 0.121 e. The van der Waals surface area contributed by atoms with Gasteiger partial charge in [0.2, 0.25) is 0 Å². The Morgan fingerprint density at radius 1 is 1.06 bits per heavy atom. The minimum Gasteiger partial charge on any atom is -0.497 e. The van der Waals surface area contributed by atoms with Crippen molar-refractivity contribution in [3.8, 4) is 11.4 Å². The van der Waals surface area contributed by atoms with E-state index in [1.807, 2.05) is 54.1 Å². The lowest BCUT2D eigenvalue weighted by atomic mass is 10.2. The molecule has 0 aliphatic rings. The first kappa shape index (κ1) is 10.8. The predicted octanol–water partition coefficient (Wildman–Crippen LogP) is 3.34. The second kappa shape index (κ2) is 4.18. The zero-order valence-electron chi connectivity index (χ0n) is 10.4. The average Bonchev–Trinajstić information content (AvgIpc) is 2.76. The molecule has 3 rings (SSSR count). The van der Waals surface area contributed by atoms with Crippen molar-refractivity contribution in [1.82, 2.24) is 9.78 Å². The van der Waals surface area contributed by atoms with Crippen molar-refractivity contribution in [3.05, 3.63) is 54.2 Å². The molecule has 18 heavy (non-hydrogen) atoms. The largest absolute Gasteiger partial charge is 0.497 e. The van der Waals surface area contributed by atoms with Crippen molar-refractivity contribution in [1.29, 1.82) is 0 Å². The van der Waals surface area contributed by atoms with E-state index < -0.39 is 0 Å². The molecule has 1 heterocycles. The second-order valence-corrected chi connectivity index (χ2v) is 4.22. The summed E-state index contributed by atoms with van der Waals surface area (Å²) in [6.45, 7) is 2.02. The standard InChI is InChI=1S/C15H14N2O/c1-11-14-9-8-13(18-2)10-15(14)17(16-11)12-6-4-3-5-7-12/h3-10H,1-2H3. The highest BCUT2D eigenvalue weighted by atomic mass is 16.5. The summed E-state index contributed by atoms with van der Waals surface area (Å²) in [4.78, 5) is 0. The van der Waals surface area contributed by atoms with Gasteiger partial charge in [0.05, 0.1) is 24.0 Å². The van der Waals surface area contributed by atoms with E-state index in [9.17, 15) is 0 Å². The number of methoxy groups -OCH3 is 1.